The summed E-state index contributed by atoms with van der Waals surface area (Å²) in [4.78, 5) is 36.3. The largest absolute Gasteiger partial charge is 0.484 e. The zero-order chi connectivity index (χ0) is 19.9. The van der Waals surface area contributed by atoms with Gasteiger partial charge in [0.15, 0.2) is 6.61 Å². The lowest BCUT2D eigenvalue weighted by molar-refractivity contribution is -0.130. The number of hydrogen-bond acceptors (Lipinski definition) is 6. The molecule has 3 rings (SSSR count). The van der Waals surface area contributed by atoms with E-state index in [0.29, 0.717) is 17.1 Å². The van der Waals surface area contributed by atoms with Gasteiger partial charge in [-0.2, -0.15) is 0 Å². The molecule has 0 spiro atoms. The van der Waals surface area contributed by atoms with Crippen LogP contribution in [0, 0.1) is 0 Å². The lowest BCUT2D eigenvalue weighted by Crippen LogP contribution is -2.30. The van der Waals surface area contributed by atoms with Crippen LogP contribution in [0.2, 0.25) is 0 Å². The van der Waals surface area contributed by atoms with Gasteiger partial charge in [-0.05, 0) is 31.4 Å². The summed E-state index contributed by atoms with van der Waals surface area (Å²) < 4.78 is 5.48. The van der Waals surface area contributed by atoms with E-state index in [1.165, 1.54) is 17.6 Å². The summed E-state index contributed by atoms with van der Waals surface area (Å²) in [6, 6.07) is 8.64. The lowest BCUT2D eigenvalue weighted by atomic mass is 10.1. The Morgan fingerprint density at radius 2 is 1.93 bits per heavy atom. The zero-order valence-electron chi connectivity index (χ0n) is 16.2. The molecule has 28 heavy (non-hydrogen) atoms. The van der Waals surface area contributed by atoms with Crippen LogP contribution < -0.4 is 15.0 Å². The van der Waals surface area contributed by atoms with Crippen LogP contribution in [0.15, 0.2) is 36.7 Å². The van der Waals surface area contributed by atoms with Crippen LogP contribution in [0.25, 0.3) is 0 Å². The number of aromatic nitrogens is 2. The number of benzene rings is 1. The van der Waals surface area contributed by atoms with E-state index < -0.39 is 0 Å². The minimum Gasteiger partial charge on any atom is -0.484 e. The molecule has 0 atom stereocenters. The number of likely N-dealkylation sites (N-methyl/N-ethyl adjacent to an activating group) is 1. The van der Waals surface area contributed by atoms with E-state index in [4.69, 9.17) is 4.74 Å². The molecule has 1 aliphatic heterocycles. The summed E-state index contributed by atoms with van der Waals surface area (Å²) in [5.74, 6) is 0.826. The molecule has 1 fully saturated rings. The highest BCUT2D eigenvalue weighted by Gasteiger charge is 2.15. The number of carbonyl (C=O) groups excluding carboxylic acids is 2. The van der Waals surface area contributed by atoms with Crippen molar-refractivity contribution in [3.63, 3.8) is 0 Å². The molecule has 2 aromatic rings. The Labute approximate surface area is 164 Å². The maximum atomic E-state index is 12.6. The molecule has 0 unspecified atom stereocenters. The van der Waals surface area contributed by atoms with Gasteiger partial charge in [0.25, 0.3) is 11.8 Å². The predicted molar refractivity (Wildman–Crippen MR) is 107 cm³/mol. The SMILES string of the molecule is CN(C)C(=O)COc1cccc(NC(=O)c2cc(N3CCCCC3)ncn2)c1. The monoisotopic (exact) mass is 383 g/mol. The van der Waals surface area contributed by atoms with E-state index in [1.807, 2.05) is 0 Å². The van der Waals surface area contributed by atoms with E-state index in [9.17, 15) is 9.59 Å². The van der Waals surface area contributed by atoms with Gasteiger partial charge in [0.05, 0.1) is 0 Å². The van der Waals surface area contributed by atoms with Gasteiger partial charge in [-0.25, -0.2) is 9.97 Å². The first-order valence-corrected chi connectivity index (χ1v) is 9.34. The molecule has 1 aliphatic rings. The van der Waals surface area contributed by atoms with Crippen molar-refractivity contribution >= 4 is 23.3 Å². The van der Waals surface area contributed by atoms with Gasteiger partial charge in [-0.15, -0.1) is 0 Å². The van der Waals surface area contributed by atoms with Gasteiger partial charge in [0, 0.05) is 45.0 Å². The molecule has 8 heteroatoms. The summed E-state index contributed by atoms with van der Waals surface area (Å²) >= 11 is 0. The highest BCUT2D eigenvalue weighted by molar-refractivity contribution is 6.03. The number of carbonyl (C=O) groups is 2. The number of hydrogen-bond donors (Lipinski definition) is 1. The van der Waals surface area contributed by atoms with Crippen molar-refractivity contribution in [1.82, 2.24) is 14.9 Å². The van der Waals surface area contributed by atoms with Crippen LogP contribution in [0.5, 0.6) is 5.75 Å². The highest BCUT2D eigenvalue weighted by Crippen LogP contribution is 2.20. The van der Waals surface area contributed by atoms with Crippen LogP contribution in [-0.4, -0.2) is 60.5 Å². The quantitative estimate of drug-likeness (QED) is 0.823. The Morgan fingerprint density at radius 1 is 1.14 bits per heavy atom. The Hall–Kier alpha value is -3.16. The fourth-order valence-corrected chi connectivity index (χ4v) is 2.90. The fraction of sp³-hybridized carbons (Fsp3) is 0.400. The Morgan fingerprint density at radius 3 is 2.68 bits per heavy atom. The summed E-state index contributed by atoms with van der Waals surface area (Å²) in [6.45, 7) is 1.84. The number of anilines is 2. The van der Waals surface area contributed by atoms with E-state index in [0.717, 1.165) is 31.7 Å². The average Bonchev–Trinajstić information content (AvgIpc) is 2.73. The molecule has 2 amide bonds. The van der Waals surface area contributed by atoms with Crippen molar-refractivity contribution in [3.8, 4) is 5.75 Å². The van der Waals surface area contributed by atoms with Gasteiger partial charge in [0.1, 0.15) is 23.6 Å². The minimum atomic E-state index is -0.317. The molecule has 2 heterocycles. The number of nitrogens with zero attached hydrogens (tertiary/aromatic N) is 4. The van der Waals surface area contributed by atoms with Gasteiger partial charge in [0.2, 0.25) is 0 Å². The first-order chi connectivity index (χ1) is 13.5. The number of rotatable bonds is 6. The minimum absolute atomic E-state index is 0.0600. The third-order valence-corrected chi connectivity index (χ3v) is 4.52. The van der Waals surface area contributed by atoms with E-state index in [2.05, 4.69) is 20.2 Å². The van der Waals surface area contributed by atoms with Gasteiger partial charge >= 0.3 is 0 Å². The predicted octanol–water partition coefficient (Wildman–Crippen LogP) is 2.19. The van der Waals surface area contributed by atoms with E-state index in [-0.39, 0.29) is 18.4 Å². The molecule has 0 bridgehead atoms. The second kappa shape index (κ2) is 9.16. The fourth-order valence-electron chi connectivity index (χ4n) is 2.90. The second-order valence-corrected chi connectivity index (χ2v) is 6.87. The Kier molecular flexibility index (Phi) is 6.41. The van der Waals surface area contributed by atoms with Crippen molar-refractivity contribution in [3.05, 3.63) is 42.4 Å². The van der Waals surface area contributed by atoms with Crippen molar-refractivity contribution in [2.24, 2.45) is 0 Å². The van der Waals surface area contributed by atoms with Crippen molar-refractivity contribution in [2.75, 3.05) is 44.0 Å². The molecule has 0 radical (unpaired) electrons. The molecule has 0 saturated carbocycles. The molecule has 1 aromatic heterocycles. The maximum absolute atomic E-state index is 12.6. The van der Waals surface area contributed by atoms with Gasteiger partial charge < -0.3 is 19.9 Å². The number of nitrogens with one attached hydrogen (secondary N) is 1. The first kappa shape index (κ1) is 19.6. The van der Waals surface area contributed by atoms with Crippen molar-refractivity contribution in [1.29, 1.82) is 0 Å². The van der Waals surface area contributed by atoms with Crippen molar-refractivity contribution < 1.29 is 14.3 Å². The Balaban J connectivity index is 1.64. The van der Waals surface area contributed by atoms with Crippen molar-refractivity contribution in [2.45, 2.75) is 19.3 Å². The second-order valence-electron chi connectivity index (χ2n) is 6.87. The molecule has 8 nitrogen and oxygen atoms in total. The van der Waals surface area contributed by atoms with Gasteiger partial charge in [-0.3, -0.25) is 9.59 Å². The third kappa shape index (κ3) is 5.18. The number of piperidine rings is 1. The summed E-state index contributed by atoms with van der Waals surface area (Å²) in [5.41, 5.74) is 0.877. The first-order valence-electron chi connectivity index (χ1n) is 9.34. The summed E-state index contributed by atoms with van der Waals surface area (Å²) in [5, 5.41) is 2.82. The molecule has 1 aromatic carbocycles. The van der Waals surface area contributed by atoms with E-state index >= 15 is 0 Å². The standard InChI is InChI=1S/C20H25N5O3/c1-24(2)19(26)13-28-16-8-6-7-15(11-16)23-20(27)17-12-18(22-14-21-17)25-9-4-3-5-10-25/h6-8,11-12,14H,3-5,9-10,13H2,1-2H3,(H,23,27). The molecule has 148 valence electrons. The zero-order valence-corrected chi connectivity index (χ0v) is 16.2. The highest BCUT2D eigenvalue weighted by atomic mass is 16.5. The smallest absolute Gasteiger partial charge is 0.274 e. The van der Waals surface area contributed by atoms with Crippen LogP contribution in [0.4, 0.5) is 11.5 Å². The van der Waals surface area contributed by atoms with Crippen LogP contribution in [-0.2, 0) is 4.79 Å². The maximum Gasteiger partial charge on any atom is 0.274 e. The third-order valence-electron chi connectivity index (χ3n) is 4.52. The number of ether oxygens (including phenoxy) is 1. The Bertz CT molecular complexity index is 834. The molecular formula is C20H25N5O3. The summed E-state index contributed by atoms with van der Waals surface area (Å²) in [7, 11) is 3.34. The topological polar surface area (TPSA) is 87.7 Å². The molecular weight excluding hydrogens is 358 g/mol. The van der Waals surface area contributed by atoms with E-state index in [1.54, 1.807) is 44.4 Å². The van der Waals surface area contributed by atoms with Crippen LogP contribution >= 0.6 is 0 Å². The van der Waals surface area contributed by atoms with Crippen LogP contribution in [0.3, 0.4) is 0 Å². The summed E-state index contributed by atoms with van der Waals surface area (Å²) in [6.07, 6.45) is 4.92. The normalized spacial score (nSPS) is 13.7. The molecule has 1 N–H and O–H groups in total. The van der Waals surface area contributed by atoms with Gasteiger partial charge in [-0.1, -0.05) is 6.07 Å². The van der Waals surface area contributed by atoms with Crippen LogP contribution in [0.1, 0.15) is 29.8 Å². The lowest BCUT2D eigenvalue weighted by Gasteiger charge is -2.27. The molecule has 1 saturated heterocycles. The number of amides is 2. The molecule has 0 aliphatic carbocycles. The average molecular weight is 383 g/mol.